The minimum atomic E-state index is -2.26. The first-order valence-electron chi connectivity index (χ1n) is 7.65. The van der Waals surface area contributed by atoms with Crippen molar-refractivity contribution in [3.8, 4) is 0 Å². The molecule has 1 N–H and O–H groups in total. The number of rotatable bonds is 10. The van der Waals surface area contributed by atoms with Crippen molar-refractivity contribution >= 4 is 22.2 Å². The van der Waals surface area contributed by atoms with Crippen LogP contribution in [0, 0.1) is 0 Å². The normalized spacial score (nSPS) is 11.9. The van der Waals surface area contributed by atoms with E-state index in [1.165, 1.54) is 55.7 Å². The molecule has 0 saturated heterocycles. The Morgan fingerprint density at radius 2 is 1.44 bits per heavy atom. The van der Waals surface area contributed by atoms with Crippen molar-refractivity contribution in [2.24, 2.45) is 0 Å². The van der Waals surface area contributed by atoms with Crippen LogP contribution in [0.2, 0.25) is 13.3 Å². The summed E-state index contributed by atoms with van der Waals surface area (Å²) in [5.74, 6) is 0. The number of unbranched alkanes of at least 4 members (excludes halogenated alkanes) is 3. The first-order valence-corrected chi connectivity index (χ1v) is 15.1. The SMILES string of the molecule is CCC[CH2][Sn]([CH2]CCC)([CH2]CCC)[c]1ncn[nH]1. The van der Waals surface area contributed by atoms with Crippen molar-refractivity contribution in [1.29, 1.82) is 0 Å². The van der Waals surface area contributed by atoms with Crippen LogP contribution in [0.3, 0.4) is 0 Å². The predicted octanol–water partition coefficient (Wildman–Crippen LogP) is 3.86. The minimum absolute atomic E-state index is 1.31. The number of aromatic nitrogens is 3. The predicted molar refractivity (Wildman–Crippen MR) is 80.9 cm³/mol. The van der Waals surface area contributed by atoms with Gasteiger partial charge in [0.25, 0.3) is 0 Å². The third-order valence-electron chi connectivity index (χ3n) is 3.94. The van der Waals surface area contributed by atoms with Crippen LogP contribution in [-0.2, 0) is 0 Å². The van der Waals surface area contributed by atoms with Gasteiger partial charge < -0.3 is 0 Å². The molecule has 0 atom stereocenters. The Labute approximate surface area is 116 Å². The first kappa shape index (κ1) is 16.0. The molecule has 0 amide bonds. The Balaban J connectivity index is 2.84. The Hall–Kier alpha value is -0.0613. The Bertz CT molecular complexity index is 276. The summed E-state index contributed by atoms with van der Waals surface area (Å²) in [7, 11) is 0. The number of aromatic amines is 1. The van der Waals surface area contributed by atoms with Crippen molar-refractivity contribution in [2.75, 3.05) is 0 Å². The summed E-state index contributed by atoms with van der Waals surface area (Å²) in [6.07, 6.45) is 9.78. The second-order valence-electron chi connectivity index (χ2n) is 5.43. The molecule has 0 unspecified atom stereocenters. The maximum atomic E-state index is 4.57. The van der Waals surface area contributed by atoms with E-state index in [2.05, 4.69) is 36.0 Å². The van der Waals surface area contributed by atoms with Gasteiger partial charge in [0.15, 0.2) is 0 Å². The van der Waals surface area contributed by atoms with E-state index >= 15 is 0 Å². The van der Waals surface area contributed by atoms with Gasteiger partial charge in [-0.05, 0) is 0 Å². The van der Waals surface area contributed by atoms with Crippen LogP contribution in [-0.4, -0.2) is 33.6 Å². The molecule has 0 fully saturated rings. The molecule has 4 heteroatoms. The average molecular weight is 358 g/mol. The third kappa shape index (κ3) is 4.56. The van der Waals surface area contributed by atoms with E-state index in [1.54, 1.807) is 6.33 Å². The van der Waals surface area contributed by atoms with Crippen LogP contribution in [0.5, 0.6) is 0 Å². The molecule has 1 aromatic rings. The van der Waals surface area contributed by atoms with Crippen LogP contribution >= 0.6 is 0 Å². The van der Waals surface area contributed by atoms with E-state index in [0.717, 1.165) is 0 Å². The van der Waals surface area contributed by atoms with Crippen LogP contribution < -0.4 is 3.84 Å². The van der Waals surface area contributed by atoms with Gasteiger partial charge in [-0.3, -0.25) is 0 Å². The molecule has 104 valence electrons. The summed E-state index contributed by atoms with van der Waals surface area (Å²) in [6.45, 7) is 6.91. The molecule has 0 aliphatic rings. The molecule has 1 aromatic heterocycles. The van der Waals surface area contributed by atoms with E-state index < -0.39 is 18.4 Å². The Morgan fingerprint density at radius 3 is 1.78 bits per heavy atom. The van der Waals surface area contributed by atoms with Crippen molar-refractivity contribution in [3.05, 3.63) is 6.33 Å². The van der Waals surface area contributed by atoms with Gasteiger partial charge in [-0.1, -0.05) is 0 Å². The number of hydrogen-bond donors (Lipinski definition) is 1. The monoisotopic (exact) mass is 359 g/mol. The van der Waals surface area contributed by atoms with Crippen molar-refractivity contribution < 1.29 is 0 Å². The van der Waals surface area contributed by atoms with Gasteiger partial charge >= 0.3 is 116 Å². The number of nitrogens with one attached hydrogen (secondary N) is 1. The van der Waals surface area contributed by atoms with Gasteiger partial charge in [-0.15, -0.1) is 0 Å². The molecule has 18 heavy (non-hydrogen) atoms. The molecule has 0 aromatic carbocycles. The zero-order valence-electron chi connectivity index (χ0n) is 12.3. The summed E-state index contributed by atoms with van der Waals surface area (Å²) >= 11 is -2.26. The molecular formula is C14H29N3Sn. The van der Waals surface area contributed by atoms with Gasteiger partial charge in [0.05, 0.1) is 0 Å². The number of nitrogens with zero attached hydrogens (tertiary/aromatic N) is 2. The Morgan fingerprint density at radius 1 is 0.944 bits per heavy atom. The molecule has 3 nitrogen and oxygen atoms in total. The van der Waals surface area contributed by atoms with E-state index in [9.17, 15) is 0 Å². The number of hydrogen-bond acceptors (Lipinski definition) is 2. The molecule has 0 spiro atoms. The van der Waals surface area contributed by atoms with Gasteiger partial charge in [-0.2, -0.15) is 0 Å². The van der Waals surface area contributed by atoms with Gasteiger partial charge in [-0.25, -0.2) is 0 Å². The van der Waals surface area contributed by atoms with Crippen LogP contribution in [0.4, 0.5) is 0 Å². The van der Waals surface area contributed by atoms with Crippen molar-refractivity contribution in [2.45, 2.75) is 72.6 Å². The summed E-state index contributed by atoms with van der Waals surface area (Å²) in [4.78, 5) is 4.57. The fraction of sp³-hybridized carbons (Fsp3) is 0.857. The molecule has 0 aliphatic carbocycles. The van der Waals surface area contributed by atoms with Crippen LogP contribution in [0.25, 0.3) is 0 Å². The van der Waals surface area contributed by atoms with Crippen molar-refractivity contribution in [3.63, 3.8) is 0 Å². The third-order valence-corrected chi connectivity index (χ3v) is 18.7. The molecule has 0 bridgehead atoms. The van der Waals surface area contributed by atoms with Gasteiger partial charge in [0, 0.05) is 0 Å². The molecule has 0 aliphatic heterocycles. The fourth-order valence-electron chi connectivity index (χ4n) is 2.74. The van der Waals surface area contributed by atoms with Gasteiger partial charge in [0.2, 0.25) is 0 Å². The zero-order valence-corrected chi connectivity index (χ0v) is 15.2. The van der Waals surface area contributed by atoms with Crippen molar-refractivity contribution in [1.82, 2.24) is 15.2 Å². The molecular weight excluding hydrogens is 329 g/mol. The maximum absolute atomic E-state index is 4.57. The summed E-state index contributed by atoms with van der Waals surface area (Å²) < 4.78 is 5.71. The second kappa shape index (κ2) is 8.94. The summed E-state index contributed by atoms with van der Waals surface area (Å²) in [5.41, 5.74) is 0. The summed E-state index contributed by atoms with van der Waals surface area (Å²) in [5, 5.41) is 7.37. The summed E-state index contributed by atoms with van der Waals surface area (Å²) in [6, 6.07) is 0. The Kier molecular flexibility index (Phi) is 7.94. The van der Waals surface area contributed by atoms with Gasteiger partial charge in [0.1, 0.15) is 0 Å². The standard InChI is InChI=1S/3C4H9.C2H2N3.Sn/c3*1-3-4-2;1-3-2-5-4-1;/h3*1,3-4H2,2H3;1H,(H,3,4,5);. The topological polar surface area (TPSA) is 41.6 Å². The molecule has 1 heterocycles. The van der Waals surface area contributed by atoms with E-state index in [1.807, 2.05) is 0 Å². The first-order chi connectivity index (χ1) is 8.79. The molecule has 1 rings (SSSR count). The van der Waals surface area contributed by atoms with Crippen LogP contribution in [0.15, 0.2) is 6.33 Å². The quantitative estimate of drug-likeness (QED) is 0.646. The average Bonchev–Trinajstić information content (AvgIpc) is 2.93. The van der Waals surface area contributed by atoms with E-state index in [0.29, 0.717) is 0 Å². The second-order valence-corrected chi connectivity index (χ2v) is 18.4. The fourth-order valence-corrected chi connectivity index (χ4v) is 17.5. The van der Waals surface area contributed by atoms with E-state index in [4.69, 9.17) is 0 Å². The number of H-pyrrole nitrogens is 1. The van der Waals surface area contributed by atoms with E-state index in [-0.39, 0.29) is 0 Å². The molecule has 0 saturated carbocycles. The molecule has 0 radical (unpaired) electrons. The van der Waals surface area contributed by atoms with Crippen LogP contribution in [0.1, 0.15) is 59.3 Å². The zero-order chi connectivity index (χ0) is 13.3.